The number of ether oxygens (including phenoxy) is 1. The molecule has 2 aromatic rings. The van der Waals surface area contributed by atoms with Crippen molar-refractivity contribution in [3.63, 3.8) is 0 Å². The van der Waals surface area contributed by atoms with Gasteiger partial charge in [0.15, 0.2) is 0 Å². The monoisotopic (exact) mass is 560 g/mol. The minimum absolute atomic E-state index is 0.0458. The topological polar surface area (TPSA) is 63.6 Å². The van der Waals surface area contributed by atoms with E-state index in [0.29, 0.717) is 6.42 Å². The van der Waals surface area contributed by atoms with Gasteiger partial charge >= 0.3 is 11.9 Å². The predicted octanol–water partition coefficient (Wildman–Crippen LogP) is 9.71. The average Bonchev–Trinajstić information content (AvgIpc) is 2.94. The van der Waals surface area contributed by atoms with Gasteiger partial charge in [-0.3, -0.25) is 4.79 Å². The largest absolute Gasteiger partial charge is 0.478 e. The number of hydrogen-bond acceptors (Lipinski definition) is 3. The SMILES string of the molecule is CCC=CCC=CCC=CCC=CCC=CCC=CCCC(=O)Oc1ccc(-c2ccc(F)cc2F)cc1C(=O)O. The molecule has 4 nitrogen and oxygen atoms in total. The van der Waals surface area contributed by atoms with E-state index in [1.807, 2.05) is 12.2 Å². The van der Waals surface area contributed by atoms with Crippen LogP contribution in [0, 0.1) is 11.6 Å². The standard InChI is InChI=1S/C35H38F2O4/c1-2-3-4-5-6-7-8-9-10-11-12-13-14-15-16-17-18-19-20-21-34(38)41-33-25-22-28(26-31(33)35(39)40)30-24-23-29(36)27-32(30)37/h3-4,6-7,9-10,12-13,15-16,18-19,22-27H,2,5,8,11,14,17,20-21H2,1H3,(H,39,40). The van der Waals surface area contributed by atoms with Crippen LogP contribution in [0.5, 0.6) is 5.75 Å². The summed E-state index contributed by atoms with van der Waals surface area (Å²) >= 11 is 0. The van der Waals surface area contributed by atoms with Crippen LogP contribution < -0.4 is 4.74 Å². The van der Waals surface area contributed by atoms with Crippen LogP contribution in [-0.2, 0) is 4.79 Å². The Balaban J connectivity index is 1.67. The van der Waals surface area contributed by atoms with Gasteiger partial charge in [-0.2, -0.15) is 0 Å². The number of benzene rings is 2. The van der Waals surface area contributed by atoms with Gasteiger partial charge in [0.1, 0.15) is 22.9 Å². The number of rotatable bonds is 17. The molecule has 1 N–H and O–H groups in total. The van der Waals surface area contributed by atoms with E-state index >= 15 is 0 Å². The van der Waals surface area contributed by atoms with Crippen molar-refractivity contribution in [3.8, 4) is 16.9 Å². The lowest BCUT2D eigenvalue weighted by Crippen LogP contribution is -2.11. The van der Waals surface area contributed by atoms with E-state index in [1.165, 1.54) is 24.3 Å². The number of carbonyl (C=O) groups is 2. The predicted molar refractivity (Wildman–Crippen MR) is 162 cm³/mol. The molecule has 0 aliphatic heterocycles. The smallest absolute Gasteiger partial charge is 0.339 e. The number of esters is 1. The molecule has 0 spiro atoms. The van der Waals surface area contributed by atoms with Crippen LogP contribution in [0.2, 0.25) is 0 Å². The fourth-order valence-corrected chi connectivity index (χ4v) is 3.69. The molecule has 2 rings (SSSR count). The van der Waals surface area contributed by atoms with E-state index < -0.39 is 23.6 Å². The van der Waals surface area contributed by atoms with Gasteiger partial charge in [-0.05, 0) is 74.8 Å². The average molecular weight is 561 g/mol. The second kappa shape index (κ2) is 19.7. The maximum atomic E-state index is 14.1. The zero-order chi connectivity index (χ0) is 29.7. The van der Waals surface area contributed by atoms with Gasteiger partial charge in [-0.1, -0.05) is 85.9 Å². The summed E-state index contributed by atoms with van der Waals surface area (Å²) in [5.74, 6) is -3.58. The number of carbonyl (C=O) groups excluding carboxylic acids is 1. The molecule has 41 heavy (non-hydrogen) atoms. The molecule has 0 aromatic heterocycles. The second-order valence-corrected chi connectivity index (χ2v) is 9.07. The van der Waals surface area contributed by atoms with Crippen molar-refractivity contribution in [1.29, 1.82) is 0 Å². The van der Waals surface area contributed by atoms with Crippen molar-refractivity contribution in [2.45, 2.75) is 58.3 Å². The molecule has 0 saturated carbocycles. The van der Waals surface area contributed by atoms with E-state index in [-0.39, 0.29) is 28.9 Å². The minimum Gasteiger partial charge on any atom is -0.478 e. The van der Waals surface area contributed by atoms with E-state index in [9.17, 15) is 23.5 Å². The Hall–Kier alpha value is -4.32. The highest BCUT2D eigenvalue weighted by Gasteiger charge is 2.17. The molecule has 0 fully saturated rings. The van der Waals surface area contributed by atoms with Crippen molar-refractivity contribution in [2.24, 2.45) is 0 Å². The van der Waals surface area contributed by atoms with Gasteiger partial charge in [0.05, 0.1) is 0 Å². The summed E-state index contributed by atoms with van der Waals surface area (Å²) in [5, 5.41) is 9.53. The lowest BCUT2D eigenvalue weighted by Gasteiger charge is -2.10. The highest BCUT2D eigenvalue weighted by molar-refractivity contribution is 5.93. The number of allylic oxidation sites excluding steroid dienone is 12. The molecular weight excluding hydrogens is 522 g/mol. The summed E-state index contributed by atoms with van der Waals surface area (Å²) in [6.07, 6.45) is 31.3. The molecule has 0 atom stereocenters. The molecule has 216 valence electrons. The van der Waals surface area contributed by atoms with Crippen LogP contribution in [0.4, 0.5) is 8.78 Å². The Labute approximate surface area is 241 Å². The zero-order valence-corrected chi connectivity index (χ0v) is 23.5. The lowest BCUT2D eigenvalue weighted by atomic mass is 10.0. The first-order valence-corrected chi connectivity index (χ1v) is 13.9. The van der Waals surface area contributed by atoms with Gasteiger partial charge in [0.2, 0.25) is 0 Å². The van der Waals surface area contributed by atoms with Gasteiger partial charge in [-0.15, -0.1) is 0 Å². The van der Waals surface area contributed by atoms with Crippen LogP contribution in [0.15, 0.2) is 109 Å². The van der Waals surface area contributed by atoms with Crippen molar-refractivity contribution in [2.75, 3.05) is 0 Å². The highest BCUT2D eigenvalue weighted by Crippen LogP contribution is 2.29. The van der Waals surface area contributed by atoms with Gasteiger partial charge < -0.3 is 9.84 Å². The molecule has 0 amide bonds. The van der Waals surface area contributed by atoms with Crippen LogP contribution in [0.1, 0.15) is 68.6 Å². The fourth-order valence-electron chi connectivity index (χ4n) is 3.69. The zero-order valence-electron chi connectivity index (χ0n) is 23.5. The second-order valence-electron chi connectivity index (χ2n) is 9.07. The van der Waals surface area contributed by atoms with Gasteiger partial charge in [0, 0.05) is 18.1 Å². The summed E-state index contributed by atoms with van der Waals surface area (Å²) in [6, 6.07) is 6.96. The summed E-state index contributed by atoms with van der Waals surface area (Å²) in [6.45, 7) is 2.13. The van der Waals surface area contributed by atoms with Crippen molar-refractivity contribution < 1.29 is 28.2 Å². The van der Waals surface area contributed by atoms with Crippen molar-refractivity contribution >= 4 is 11.9 Å². The molecule has 0 unspecified atom stereocenters. The number of carboxylic acid groups (broad SMARTS) is 1. The van der Waals surface area contributed by atoms with Crippen LogP contribution in [0.3, 0.4) is 0 Å². The third-order valence-electron chi connectivity index (χ3n) is 5.79. The Morgan fingerprint density at radius 2 is 1.27 bits per heavy atom. The van der Waals surface area contributed by atoms with Crippen LogP contribution in [0.25, 0.3) is 11.1 Å². The third kappa shape index (κ3) is 13.5. The first-order valence-electron chi connectivity index (χ1n) is 13.9. The van der Waals surface area contributed by atoms with E-state index in [1.54, 1.807) is 0 Å². The number of halogens is 2. The van der Waals surface area contributed by atoms with Crippen LogP contribution in [-0.4, -0.2) is 17.0 Å². The molecule has 2 aromatic carbocycles. The van der Waals surface area contributed by atoms with E-state index in [2.05, 4.69) is 67.7 Å². The fraction of sp³-hybridized carbons (Fsp3) is 0.257. The molecule has 0 aliphatic rings. The first kappa shape index (κ1) is 32.9. The Kier molecular flexibility index (Phi) is 15.8. The summed E-state index contributed by atoms with van der Waals surface area (Å²) in [4.78, 5) is 23.9. The molecule has 0 aliphatic carbocycles. The molecular formula is C35H38F2O4. The highest BCUT2D eigenvalue weighted by atomic mass is 19.1. The number of hydrogen-bond donors (Lipinski definition) is 1. The molecule has 0 radical (unpaired) electrons. The van der Waals surface area contributed by atoms with Gasteiger partial charge in [-0.25, -0.2) is 13.6 Å². The quantitative estimate of drug-likeness (QED) is 0.119. The summed E-state index contributed by atoms with van der Waals surface area (Å²) in [5.41, 5.74) is -0.00406. The number of carboxylic acids is 1. The van der Waals surface area contributed by atoms with Gasteiger partial charge in [0.25, 0.3) is 0 Å². The molecule has 6 heteroatoms. The van der Waals surface area contributed by atoms with Crippen molar-refractivity contribution in [1.82, 2.24) is 0 Å². The number of aromatic carboxylic acids is 1. The Morgan fingerprint density at radius 3 is 1.78 bits per heavy atom. The minimum atomic E-state index is -1.32. The van der Waals surface area contributed by atoms with Crippen LogP contribution >= 0.6 is 0 Å². The Bertz CT molecular complexity index is 1300. The maximum Gasteiger partial charge on any atom is 0.339 e. The first-order chi connectivity index (χ1) is 19.9. The van der Waals surface area contributed by atoms with E-state index in [4.69, 9.17) is 4.74 Å². The molecule has 0 saturated heterocycles. The normalized spacial score (nSPS) is 12.3. The summed E-state index contributed by atoms with van der Waals surface area (Å²) < 4.78 is 32.5. The van der Waals surface area contributed by atoms with Crippen molar-refractivity contribution in [3.05, 3.63) is 127 Å². The summed E-state index contributed by atoms with van der Waals surface area (Å²) in [7, 11) is 0. The molecule has 0 bridgehead atoms. The van der Waals surface area contributed by atoms with E-state index in [0.717, 1.165) is 50.7 Å². The lowest BCUT2D eigenvalue weighted by molar-refractivity contribution is -0.134. The Morgan fingerprint density at radius 1 is 0.732 bits per heavy atom. The maximum absolute atomic E-state index is 14.1. The third-order valence-corrected chi connectivity index (χ3v) is 5.79. The molecule has 0 heterocycles.